The number of aryl methyl sites for hydroxylation is 1. The van der Waals surface area contributed by atoms with Gasteiger partial charge in [-0.05, 0) is 69.8 Å². The van der Waals surface area contributed by atoms with Crippen LogP contribution in [0.25, 0.3) is 0 Å². The van der Waals surface area contributed by atoms with Gasteiger partial charge < -0.3 is 14.7 Å². The normalized spacial score (nSPS) is 16.6. The maximum atomic E-state index is 11.3. The summed E-state index contributed by atoms with van der Waals surface area (Å²) >= 11 is 0. The van der Waals surface area contributed by atoms with Crippen molar-refractivity contribution in [2.24, 2.45) is 5.41 Å². The van der Waals surface area contributed by atoms with E-state index in [0.29, 0.717) is 18.2 Å². The van der Waals surface area contributed by atoms with E-state index >= 15 is 0 Å². The number of nitro benzene ring substituents is 1. The van der Waals surface area contributed by atoms with Crippen molar-refractivity contribution in [2.75, 3.05) is 26.7 Å². The molecule has 0 amide bonds. The van der Waals surface area contributed by atoms with Gasteiger partial charge in [0.25, 0.3) is 0 Å². The Balaban J connectivity index is 2.10. The zero-order chi connectivity index (χ0) is 18.8. The van der Waals surface area contributed by atoms with Gasteiger partial charge in [-0.3, -0.25) is 14.9 Å². The van der Waals surface area contributed by atoms with Gasteiger partial charge in [-0.1, -0.05) is 0 Å². The van der Waals surface area contributed by atoms with Crippen LogP contribution in [0.2, 0.25) is 0 Å². The van der Waals surface area contributed by atoms with Crippen LogP contribution in [0.5, 0.6) is 5.75 Å². The number of piperidine rings is 1. The average molecular weight is 350 g/mol. The predicted molar refractivity (Wildman–Crippen MR) is 94.2 cm³/mol. The van der Waals surface area contributed by atoms with Crippen LogP contribution in [-0.2, 0) is 4.79 Å². The molecule has 0 atom stereocenters. The summed E-state index contributed by atoms with van der Waals surface area (Å²) in [5, 5.41) is 20.4. The molecule has 1 fully saturated rings. The van der Waals surface area contributed by atoms with E-state index in [1.54, 1.807) is 26.0 Å². The SMILES string of the molecule is COc1cc(C2CCN(CC(C)(C)C(=O)O)CC2)c(C)cc1[N+](=O)[O-]. The Morgan fingerprint density at radius 1 is 1.40 bits per heavy atom. The van der Waals surface area contributed by atoms with Crippen LogP contribution in [0, 0.1) is 22.5 Å². The van der Waals surface area contributed by atoms with E-state index in [2.05, 4.69) is 4.90 Å². The van der Waals surface area contributed by atoms with Crippen molar-refractivity contribution in [3.63, 3.8) is 0 Å². The van der Waals surface area contributed by atoms with Crippen LogP contribution in [0.3, 0.4) is 0 Å². The Bertz CT molecular complexity index is 664. The monoisotopic (exact) mass is 350 g/mol. The third kappa shape index (κ3) is 4.28. The molecule has 2 rings (SSSR count). The second-order valence-electron chi connectivity index (χ2n) is 7.38. The lowest BCUT2D eigenvalue weighted by Crippen LogP contribution is -2.42. The number of nitro groups is 1. The van der Waals surface area contributed by atoms with E-state index in [0.717, 1.165) is 37.1 Å². The second-order valence-corrected chi connectivity index (χ2v) is 7.38. The van der Waals surface area contributed by atoms with Gasteiger partial charge in [-0.2, -0.15) is 0 Å². The van der Waals surface area contributed by atoms with Crippen molar-refractivity contribution < 1.29 is 19.6 Å². The van der Waals surface area contributed by atoms with Crippen molar-refractivity contribution in [1.29, 1.82) is 0 Å². The van der Waals surface area contributed by atoms with Crippen molar-refractivity contribution in [3.05, 3.63) is 33.4 Å². The zero-order valence-electron chi connectivity index (χ0n) is 15.2. The molecule has 1 aliphatic rings. The van der Waals surface area contributed by atoms with Gasteiger partial charge >= 0.3 is 11.7 Å². The molecule has 1 aliphatic heterocycles. The fourth-order valence-corrected chi connectivity index (χ4v) is 3.46. The molecule has 138 valence electrons. The standard InChI is InChI=1S/C18H26N2O5/c1-12-9-15(20(23)24)16(25-4)10-14(12)13-5-7-19(8-6-13)11-18(2,3)17(21)22/h9-10,13H,5-8,11H2,1-4H3,(H,21,22). The van der Waals surface area contributed by atoms with Gasteiger partial charge in [0, 0.05) is 12.6 Å². The summed E-state index contributed by atoms with van der Waals surface area (Å²) in [6.07, 6.45) is 1.80. The molecule has 0 saturated carbocycles. The Morgan fingerprint density at radius 3 is 2.48 bits per heavy atom. The number of carbonyl (C=O) groups is 1. The zero-order valence-corrected chi connectivity index (χ0v) is 15.2. The number of rotatable bonds is 6. The van der Waals surface area contributed by atoms with E-state index in [-0.39, 0.29) is 5.69 Å². The van der Waals surface area contributed by atoms with Crippen molar-refractivity contribution in [3.8, 4) is 5.75 Å². The van der Waals surface area contributed by atoms with Crippen LogP contribution in [0.1, 0.15) is 43.7 Å². The van der Waals surface area contributed by atoms with Gasteiger partial charge in [0.1, 0.15) is 0 Å². The predicted octanol–water partition coefficient (Wildman–Crippen LogP) is 3.20. The number of hydrogen-bond donors (Lipinski definition) is 1. The largest absolute Gasteiger partial charge is 0.490 e. The Kier molecular flexibility index (Phi) is 5.67. The van der Waals surface area contributed by atoms with Gasteiger partial charge in [-0.25, -0.2) is 0 Å². The van der Waals surface area contributed by atoms with E-state index in [1.807, 2.05) is 6.92 Å². The highest BCUT2D eigenvalue weighted by molar-refractivity contribution is 5.73. The Hall–Kier alpha value is -2.15. The molecule has 0 aromatic heterocycles. The van der Waals surface area contributed by atoms with Crippen LogP contribution in [0.4, 0.5) is 5.69 Å². The number of carboxylic acids is 1. The van der Waals surface area contributed by atoms with Crippen LogP contribution >= 0.6 is 0 Å². The number of aliphatic carboxylic acids is 1. The first-order valence-corrected chi connectivity index (χ1v) is 8.44. The molecular formula is C18H26N2O5. The highest BCUT2D eigenvalue weighted by atomic mass is 16.6. The molecule has 1 aromatic rings. The van der Waals surface area contributed by atoms with Crippen LogP contribution in [0.15, 0.2) is 12.1 Å². The molecular weight excluding hydrogens is 324 g/mol. The maximum Gasteiger partial charge on any atom is 0.311 e. The third-order valence-electron chi connectivity index (χ3n) is 4.99. The van der Waals surface area contributed by atoms with E-state index in [9.17, 15) is 20.0 Å². The first-order chi connectivity index (χ1) is 11.7. The van der Waals surface area contributed by atoms with Gasteiger partial charge in [0.05, 0.1) is 17.4 Å². The third-order valence-corrected chi connectivity index (χ3v) is 4.99. The highest BCUT2D eigenvalue weighted by Crippen LogP contribution is 2.37. The fourth-order valence-electron chi connectivity index (χ4n) is 3.46. The van der Waals surface area contributed by atoms with Crippen molar-refractivity contribution in [2.45, 2.75) is 39.5 Å². The number of nitrogens with zero attached hydrogens (tertiary/aromatic N) is 2. The van der Waals surface area contributed by atoms with Crippen LogP contribution in [-0.4, -0.2) is 47.6 Å². The van der Waals surface area contributed by atoms with Crippen molar-refractivity contribution >= 4 is 11.7 Å². The minimum Gasteiger partial charge on any atom is -0.490 e. The molecule has 0 aliphatic carbocycles. The summed E-state index contributed by atoms with van der Waals surface area (Å²) in [6, 6.07) is 3.36. The number of carboxylic acid groups (broad SMARTS) is 1. The topological polar surface area (TPSA) is 92.9 Å². The molecule has 1 N–H and O–H groups in total. The van der Waals surface area contributed by atoms with Crippen molar-refractivity contribution in [1.82, 2.24) is 4.90 Å². The number of likely N-dealkylation sites (tertiary alicyclic amines) is 1. The summed E-state index contributed by atoms with van der Waals surface area (Å²) in [7, 11) is 1.44. The van der Waals surface area contributed by atoms with Gasteiger partial charge in [0.2, 0.25) is 0 Å². The summed E-state index contributed by atoms with van der Waals surface area (Å²) < 4.78 is 5.19. The minimum atomic E-state index is -0.787. The van der Waals surface area contributed by atoms with E-state index < -0.39 is 16.3 Å². The highest BCUT2D eigenvalue weighted by Gasteiger charge is 2.32. The molecule has 1 heterocycles. The summed E-state index contributed by atoms with van der Waals surface area (Å²) in [5.74, 6) is -0.190. The maximum absolute atomic E-state index is 11.3. The number of methoxy groups -OCH3 is 1. The number of hydrogen-bond acceptors (Lipinski definition) is 5. The summed E-state index contributed by atoms with van der Waals surface area (Å²) in [4.78, 5) is 24.2. The molecule has 1 saturated heterocycles. The Morgan fingerprint density at radius 2 is 2.00 bits per heavy atom. The first-order valence-electron chi connectivity index (χ1n) is 8.44. The first kappa shape index (κ1) is 19.2. The lowest BCUT2D eigenvalue weighted by atomic mass is 9.85. The molecule has 0 unspecified atom stereocenters. The molecule has 1 aromatic carbocycles. The van der Waals surface area contributed by atoms with E-state index in [4.69, 9.17) is 4.74 Å². The smallest absolute Gasteiger partial charge is 0.311 e. The Labute approximate surface area is 147 Å². The molecule has 0 radical (unpaired) electrons. The van der Waals surface area contributed by atoms with Crippen LogP contribution < -0.4 is 4.74 Å². The summed E-state index contributed by atoms with van der Waals surface area (Å²) in [6.45, 7) is 7.54. The summed E-state index contributed by atoms with van der Waals surface area (Å²) in [5.41, 5.74) is 1.21. The fraction of sp³-hybridized carbons (Fsp3) is 0.611. The molecule has 7 nitrogen and oxygen atoms in total. The molecule has 7 heteroatoms. The van der Waals surface area contributed by atoms with Gasteiger partial charge in [-0.15, -0.1) is 0 Å². The molecule has 0 bridgehead atoms. The van der Waals surface area contributed by atoms with E-state index in [1.165, 1.54) is 7.11 Å². The molecule has 25 heavy (non-hydrogen) atoms. The minimum absolute atomic E-state index is 0.00982. The quantitative estimate of drug-likeness (QED) is 0.625. The molecule has 0 spiro atoms. The number of benzene rings is 1. The lowest BCUT2D eigenvalue weighted by Gasteiger charge is -2.36. The number of ether oxygens (including phenoxy) is 1. The average Bonchev–Trinajstić information content (AvgIpc) is 2.55. The second kappa shape index (κ2) is 7.39. The lowest BCUT2D eigenvalue weighted by molar-refractivity contribution is -0.385. The van der Waals surface area contributed by atoms with Gasteiger partial charge in [0.15, 0.2) is 5.75 Å².